The van der Waals surface area contributed by atoms with Gasteiger partial charge in [-0.25, -0.2) is 4.98 Å². The SMILES string of the molecule is COc1ccc(-c2ccc3ncc(N)nc3c2)cc1OC. The molecule has 0 aliphatic rings. The van der Waals surface area contributed by atoms with Crippen LogP contribution in [-0.2, 0) is 0 Å². The van der Waals surface area contributed by atoms with Crippen molar-refractivity contribution in [2.24, 2.45) is 0 Å². The summed E-state index contributed by atoms with van der Waals surface area (Å²) in [5, 5.41) is 0. The minimum Gasteiger partial charge on any atom is -0.493 e. The van der Waals surface area contributed by atoms with Crippen LogP contribution in [0.25, 0.3) is 22.2 Å². The third-order valence-electron chi connectivity index (χ3n) is 3.28. The van der Waals surface area contributed by atoms with Crippen molar-refractivity contribution in [2.45, 2.75) is 0 Å². The Labute approximate surface area is 122 Å². The van der Waals surface area contributed by atoms with E-state index in [1.807, 2.05) is 36.4 Å². The molecule has 0 amide bonds. The maximum Gasteiger partial charge on any atom is 0.161 e. The fourth-order valence-electron chi connectivity index (χ4n) is 2.22. The van der Waals surface area contributed by atoms with Crippen LogP contribution in [0, 0.1) is 0 Å². The van der Waals surface area contributed by atoms with Gasteiger partial charge in [-0.3, -0.25) is 4.98 Å². The molecule has 0 radical (unpaired) electrons. The molecule has 1 heterocycles. The van der Waals surface area contributed by atoms with E-state index in [0.29, 0.717) is 17.3 Å². The average Bonchev–Trinajstić information content (AvgIpc) is 2.53. The van der Waals surface area contributed by atoms with Crippen molar-refractivity contribution in [3.05, 3.63) is 42.6 Å². The first-order valence-corrected chi connectivity index (χ1v) is 6.46. The maximum absolute atomic E-state index is 5.69. The van der Waals surface area contributed by atoms with Gasteiger partial charge in [-0.15, -0.1) is 0 Å². The van der Waals surface area contributed by atoms with Crippen molar-refractivity contribution in [3.63, 3.8) is 0 Å². The van der Waals surface area contributed by atoms with Gasteiger partial charge in [0.2, 0.25) is 0 Å². The summed E-state index contributed by atoms with van der Waals surface area (Å²) in [4.78, 5) is 8.54. The quantitative estimate of drug-likeness (QED) is 0.799. The smallest absolute Gasteiger partial charge is 0.161 e. The summed E-state index contributed by atoms with van der Waals surface area (Å²) in [6.45, 7) is 0. The van der Waals surface area contributed by atoms with E-state index in [1.165, 1.54) is 0 Å². The lowest BCUT2D eigenvalue weighted by molar-refractivity contribution is 0.355. The zero-order valence-corrected chi connectivity index (χ0v) is 11.8. The Morgan fingerprint density at radius 1 is 0.857 bits per heavy atom. The molecule has 2 aromatic carbocycles. The minimum atomic E-state index is 0.409. The van der Waals surface area contributed by atoms with Gasteiger partial charge in [0.15, 0.2) is 11.5 Å². The van der Waals surface area contributed by atoms with Gasteiger partial charge in [0.1, 0.15) is 5.82 Å². The Balaban J connectivity index is 2.11. The molecule has 0 saturated heterocycles. The van der Waals surface area contributed by atoms with Gasteiger partial charge in [0.25, 0.3) is 0 Å². The number of ether oxygens (including phenoxy) is 2. The van der Waals surface area contributed by atoms with E-state index in [4.69, 9.17) is 15.2 Å². The maximum atomic E-state index is 5.69. The lowest BCUT2D eigenvalue weighted by Gasteiger charge is -2.10. The molecule has 2 N–H and O–H groups in total. The van der Waals surface area contributed by atoms with Gasteiger partial charge >= 0.3 is 0 Å². The third-order valence-corrected chi connectivity index (χ3v) is 3.28. The van der Waals surface area contributed by atoms with Crippen LogP contribution >= 0.6 is 0 Å². The van der Waals surface area contributed by atoms with Crippen molar-refractivity contribution in [1.82, 2.24) is 9.97 Å². The summed E-state index contributed by atoms with van der Waals surface area (Å²) in [7, 11) is 3.24. The monoisotopic (exact) mass is 281 g/mol. The number of hydrogen-bond donors (Lipinski definition) is 1. The molecular weight excluding hydrogens is 266 g/mol. The second kappa shape index (κ2) is 5.28. The zero-order valence-electron chi connectivity index (χ0n) is 11.8. The number of nitrogens with two attached hydrogens (primary N) is 1. The molecule has 0 unspecified atom stereocenters. The van der Waals surface area contributed by atoms with Crippen LogP contribution in [0.4, 0.5) is 5.82 Å². The first kappa shape index (κ1) is 13.2. The number of nitrogen functional groups attached to an aromatic ring is 1. The number of benzene rings is 2. The van der Waals surface area contributed by atoms with Gasteiger partial charge < -0.3 is 15.2 Å². The number of anilines is 1. The number of aromatic nitrogens is 2. The predicted molar refractivity (Wildman–Crippen MR) is 82.5 cm³/mol. The fraction of sp³-hybridized carbons (Fsp3) is 0.125. The van der Waals surface area contributed by atoms with Crippen molar-refractivity contribution in [2.75, 3.05) is 20.0 Å². The van der Waals surface area contributed by atoms with Crippen molar-refractivity contribution in [1.29, 1.82) is 0 Å². The second-order valence-electron chi connectivity index (χ2n) is 4.57. The van der Waals surface area contributed by atoms with Gasteiger partial charge in [-0.1, -0.05) is 12.1 Å². The Morgan fingerprint density at radius 2 is 1.57 bits per heavy atom. The van der Waals surface area contributed by atoms with Gasteiger partial charge in [0.05, 0.1) is 31.4 Å². The molecule has 1 aromatic heterocycles. The molecular formula is C16H15N3O2. The van der Waals surface area contributed by atoms with E-state index < -0.39 is 0 Å². The highest BCUT2D eigenvalue weighted by Crippen LogP contribution is 2.33. The molecule has 0 atom stereocenters. The van der Waals surface area contributed by atoms with E-state index in [-0.39, 0.29) is 0 Å². The predicted octanol–water partition coefficient (Wildman–Crippen LogP) is 2.90. The van der Waals surface area contributed by atoms with Gasteiger partial charge in [0, 0.05) is 0 Å². The first-order valence-electron chi connectivity index (χ1n) is 6.46. The average molecular weight is 281 g/mol. The summed E-state index contributed by atoms with van der Waals surface area (Å²) < 4.78 is 10.6. The molecule has 3 rings (SSSR count). The summed E-state index contributed by atoms with van der Waals surface area (Å²) >= 11 is 0. The highest BCUT2D eigenvalue weighted by Gasteiger charge is 2.07. The van der Waals surface area contributed by atoms with Gasteiger partial charge in [-0.05, 0) is 35.4 Å². The summed E-state index contributed by atoms with van der Waals surface area (Å²) in [6.07, 6.45) is 1.55. The number of hydrogen-bond acceptors (Lipinski definition) is 5. The normalized spacial score (nSPS) is 10.6. The Morgan fingerprint density at radius 3 is 2.33 bits per heavy atom. The second-order valence-corrected chi connectivity index (χ2v) is 4.57. The molecule has 0 bridgehead atoms. The van der Waals surface area contributed by atoms with Gasteiger partial charge in [-0.2, -0.15) is 0 Å². The zero-order chi connectivity index (χ0) is 14.8. The van der Waals surface area contributed by atoms with E-state index in [2.05, 4.69) is 9.97 Å². The fourth-order valence-corrected chi connectivity index (χ4v) is 2.22. The number of methoxy groups -OCH3 is 2. The van der Waals surface area contributed by atoms with E-state index in [9.17, 15) is 0 Å². The summed E-state index contributed by atoms with van der Waals surface area (Å²) in [5.41, 5.74) is 9.30. The van der Waals surface area contributed by atoms with Crippen LogP contribution < -0.4 is 15.2 Å². The molecule has 5 nitrogen and oxygen atoms in total. The lowest BCUT2D eigenvalue weighted by Crippen LogP contribution is -1.93. The Hall–Kier alpha value is -2.82. The standard InChI is InChI=1S/C16H15N3O2/c1-20-14-6-4-11(8-15(14)21-2)10-3-5-12-13(7-10)19-16(17)9-18-12/h3-9H,1-2H3,(H2,17,19). The lowest BCUT2D eigenvalue weighted by atomic mass is 10.0. The highest BCUT2D eigenvalue weighted by molar-refractivity contribution is 5.82. The Bertz CT molecular complexity index is 803. The molecule has 0 fully saturated rings. The molecule has 0 aliphatic heterocycles. The largest absolute Gasteiger partial charge is 0.493 e. The van der Waals surface area contributed by atoms with Crippen LogP contribution in [0.2, 0.25) is 0 Å². The van der Waals surface area contributed by atoms with Crippen molar-refractivity contribution >= 4 is 16.9 Å². The number of nitrogens with zero attached hydrogens (tertiary/aromatic N) is 2. The molecule has 21 heavy (non-hydrogen) atoms. The van der Waals surface area contributed by atoms with Crippen LogP contribution in [0.15, 0.2) is 42.6 Å². The molecule has 106 valence electrons. The molecule has 0 spiro atoms. The molecule has 3 aromatic rings. The topological polar surface area (TPSA) is 70.3 Å². The van der Waals surface area contributed by atoms with Crippen molar-refractivity contribution in [3.8, 4) is 22.6 Å². The summed E-state index contributed by atoms with van der Waals surface area (Å²) in [6, 6.07) is 11.7. The van der Waals surface area contributed by atoms with Crippen LogP contribution in [0.5, 0.6) is 11.5 Å². The van der Waals surface area contributed by atoms with E-state index >= 15 is 0 Å². The minimum absolute atomic E-state index is 0.409. The third kappa shape index (κ3) is 2.45. The molecule has 5 heteroatoms. The Kier molecular flexibility index (Phi) is 3.31. The van der Waals surface area contributed by atoms with Crippen LogP contribution in [0.3, 0.4) is 0 Å². The summed E-state index contributed by atoms with van der Waals surface area (Å²) in [5.74, 6) is 1.80. The highest BCUT2D eigenvalue weighted by atomic mass is 16.5. The van der Waals surface area contributed by atoms with E-state index in [0.717, 1.165) is 22.2 Å². The first-order chi connectivity index (χ1) is 10.2. The van der Waals surface area contributed by atoms with Crippen molar-refractivity contribution < 1.29 is 9.47 Å². The van der Waals surface area contributed by atoms with Crippen LogP contribution in [0.1, 0.15) is 0 Å². The molecule has 0 aliphatic carbocycles. The van der Waals surface area contributed by atoms with E-state index in [1.54, 1.807) is 20.4 Å². The number of fused-ring (bicyclic) bond motifs is 1. The van der Waals surface area contributed by atoms with Crippen LogP contribution in [-0.4, -0.2) is 24.2 Å². The molecule has 0 saturated carbocycles. The number of rotatable bonds is 3.